The third-order valence-electron chi connectivity index (χ3n) is 5.04. The molecule has 3 heterocycles. The van der Waals surface area contributed by atoms with Crippen molar-refractivity contribution in [2.45, 2.75) is 32.6 Å². The van der Waals surface area contributed by atoms with Crippen LogP contribution in [0.5, 0.6) is 0 Å². The highest BCUT2D eigenvalue weighted by molar-refractivity contribution is 7.15. The highest BCUT2D eigenvalue weighted by Gasteiger charge is 2.24. The molecule has 0 unspecified atom stereocenters. The van der Waals surface area contributed by atoms with Crippen molar-refractivity contribution >= 4 is 55.7 Å². The van der Waals surface area contributed by atoms with Gasteiger partial charge in [-0.3, -0.25) is 9.59 Å². The van der Waals surface area contributed by atoms with E-state index in [4.69, 9.17) is 0 Å². The van der Waals surface area contributed by atoms with E-state index >= 15 is 0 Å². The Balaban J connectivity index is 1.24. The minimum atomic E-state index is -0.206. The van der Waals surface area contributed by atoms with Crippen molar-refractivity contribution in [1.29, 1.82) is 0 Å². The molecule has 1 aliphatic heterocycles. The van der Waals surface area contributed by atoms with E-state index in [-0.39, 0.29) is 30.6 Å². The summed E-state index contributed by atoms with van der Waals surface area (Å²) in [7, 11) is 0. The zero-order valence-electron chi connectivity index (χ0n) is 17.0. The van der Waals surface area contributed by atoms with Gasteiger partial charge in [0.1, 0.15) is 10.8 Å². The lowest BCUT2D eigenvalue weighted by Gasteiger charge is -2.35. The molecule has 2 aromatic heterocycles. The van der Waals surface area contributed by atoms with Gasteiger partial charge >= 0.3 is 0 Å². The zero-order chi connectivity index (χ0) is 21.1. The number of carbonyl (C=O) groups is 2. The smallest absolute Gasteiger partial charge is 0.226 e. The summed E-state index contributed by atoms with van der Waals surface area (Å²) in [6, 6.07) is 8.21. The third-order valence-corrected chi connectivity index (χ3v) is 6.99. The van der Waals surface area contributed by atoms with Gasteiger partial charge in [0.2, 0.25) is 16.9 Å². The van der Waals surface area contributed by atoms with Crippen LogP contribution >= 0.6 is 22.9 Å². The molecule has 3 aromatic rings. The molecule has 1 saturated heterocycles. The number of rotatable bonds is 6. The molecule has 0 atom stereocenters. The summed E-state index contributed by atoms with van der Waals surface area (Å²) in [5, 5.41) is 13.3. The van der Waals surface area contributed by atoms with Crippen molar-refractivity contribution in [3.8, 4) is 0 Å². The van der Waals surface area contributed by atoms with E-state index in [9.17, 15) is 9.59 Å². The maximum absolute atomic E-state index is 12.5. The van der Waals surface area contributed by atoms with Crippen molar-refractivity contribution in [3.05, 3.63) is 29.3 Å². The van der Waals surface area contributed by atoms with Gasteiger partial charge in [-0.2, -0.15) is 4.37 Å². The predicted octanol–water partition coefficient (Wildman–Crippen LogP) is 3.34. The van der Waals surface area contributed by atoms with E-state index in [1.54, 1.807) is 0 Å². The molecule has 1 aromatic carbocycles. The van der Waals surface area contributed by atoms with Crippen LogP contribution in [-0.4, -0.2) is 57.5 Å². The minimum absolute atomic E-state index is 0.00747. The second kappa shape index (κ2) is 9.05. The fraction of sp³-hybridized carbons (Fsp3) is 0.450. The maximum atomic E-state index is 12.5. The standard InChI is InChI=1S/C20H24N6O2S2/c1-13(2)19-22-23-20(29-19)21-16(27)7-8-17(28)25-9-11-26(12-10-25)18-14-5-3-4-6-15(14)30-24-18/h3-6,13H,7-12H2,1-2H3,(H,21,23,27). The fourth-order valence-electron chi connectivity index (χ4n) is 3.35. The number of aromatic nitrogens is 3. The van der Waals surface area contributed by atoms with Crippen LogP contribution in [0.3, 0.4) is 0 Å². The van der Waals surface area contributed by atoms with Gasteiger partial charge in [-0.15, -0.1) is 10.2 Å². The maximum Gasteiger partial charge on any atom is 0.226 e. The van der Waals surface area contributed by atoms with Crippen molar-refractivity contribution < 1.29 is 9.59 Å². The van der Waals surface area contributed by atoms with Crippen LogP contribution in [-0.2, 0) is 9.59 Å². The van der Waals surface area contributed by atoms with E-state index in [1.165, 1.54) is 27.6 Å². The molecular formula is C20H24N6O2S2. The average Bonchev–Trinajstić information content (AvgIpc) is 3.39. The molecule has 30 heavy (non-hydrogen) atoms. The van der Waals surface area contributed by atoms with Gasteiger partial charge in [0.05, 0.1) is 4.70 Å². The zero-order valence-corrected chi connectivity index (χ0v) is 18.6. The number of nitrogens with zero attached hydrogens (tertiary/aromatic N) is 5. The number of hydrogen-bond donors (Lipinski definition) is 1. The Labute approximate surface area is 183 Å². The predicted molar refractivity (Wildman–Crippen MR) is 120 cm³/mol. The molecule has 8 nitrogen and oxygen atoms in total. The molecule has 1 fully saturated rings. The van der Waals surface area contributed by atoms with Gasteiger partial charge < -0.3 is 15.1 Å². The first-order chi connectivity index (χ1) is 14.5. The second-order valence-electron chi connectivity index (χ2n) is 7.52. The number of piperazine rings is 1. The van der Waals surface area contributed by atoms with Gasteiger partial charge in [-0.25, -0.2) is 0 Å². The summed E-state index contributed by atoms with van der Waals surface area (Å²) in [4.78, 5) is 28.8. The molecule has 0 saturated carbocycles. The van der Waals surface area contributed by atoms with Crippen LogP contribution in [0.15, 0.2) is 24.3 Å². The van der Waals surface area contributed by atoms with Gasteiger partial charge in [0, 0.05) is 50.3 Å². The Kier molecular flexibility index (Phi) is 6.24. The first-order valence-electron chi connectivity index (χ1n) is 10.0. The first kappa shape index (κ1) is 20.7. The summed E-state index contributed by atoms with van der Waals surface area (Å²) in [5.74, 6) is 1.08. The van der Waals surface area contributed by atoms with E-state index < -0.39 is 0 Å². The Bertz CT molecular complexity index is 1040. The van der Waals surface area contributed by atoms with Crippen LogP contribution in [0.4, 0.5) is 10.9 Å². The molecule has 0 spiro atoms. The van der Waals surface area contributed by atoms with Crippen LogP contribution in [0.1, 0.15) is 37.6 Å². The molecule has 158 valence electrons. The van der Waals surface area contributed by atoms with E-state index in [1.807, 2.05) is 30.9 Å². The SMILES string of the molecule is CC(C)c1nnc(NC(=O)CCC(=O)N2CCN(c3nsc4ccccc34)CC2)s1. The Hall–Kier alpha value is -2.59. The van der Waals surface area contributed by atoms with Gasteiger partial charge in [-0.05, 0) is 23.7 Å². The van der Waals surface area contributed by atoms with Crippen LogP contribution in [0.25, 0.3) is 10.1 Å². The molecule has 2 amide bonds. The monoisotopic (exact) mass is 444 g/mol. The highest BCUT2D eigenvalue weighted by Crippen LogP contribution is 2.30. The van der Waals surface area contributed by atoms with E-state index in [0.717, 1.165) is 29.3 Å². The lowest BCUT2D eigenvalue weighted by atomic mass is 10.2. The second-order valence-corrected chi connectivity index (χ2v) is 9.33. The average molecular weight is 445 g/mol. The molecule has 0 aliphatic carbocycles. The number of benzene rings is 1. The van der Waals surface area contributed by atoms with Crippen LogP contribution in [0, 0.1) is 0 Å². The van der Waals surface area contributed by atoms with Gasteiger partial charge in [0.15, 0.2) is 0 Å². The molecule has 1 N–H and O–H groups in total. The summed E-state index contributed by atoms with van der Waals surface area (Å²) in [6.45, 7) is 6.83. The summed E-state index contributed by atoms with van der Waals surface area (Å²) in [5.41, 5.74) is 0. The summed E-state index contributed by atoms with van der Waals surface area (Å²) < 4.78 is 5.78. The molecule has 0 radical (unpaired) electrons. The Morgan fingerprint density at radius 3 is 2.60 bits per heavy atom. The van der Waals surface area contributed by atoms with Gasteiger partial charge in [0.25, 0.3) is 0 Å². The Morgan fingerprint density at radius 2 is 1.87 bits per heavy atom. The Morgan fingerprint density at radius 1 is 1.10 bits per heavy atom. The number of carbonyl (C=O) groups excluding carboxylic acids is 2. The lowest BCUT2D eigenvalue weighted by Crippen LogP contribution is -2.49. The lowest BCUT2D eigenvalue weighted by molar-refractivity contribution is -0.133. The minimum Gasteiger partial charge on any atom is -0.352 e. The van der Waals surface area contributed by atoms with Crippen molar-refractivity contribution in [2.24, 2.45) is 0 Å². The molecule has 0 bridgehead atoms. The number of hydrogen-bond acceptors (Lipinski definition) is 8. The summed E-state index contributed by atoms with van der Waals surface area (Å²) in [6.07, 6.45) is 0.341. The number of amides is 2. The highest BCUT2D eigenvalue weighted by atomic mass is 32.1. The topological polar surface area (TPSA) is 91.3 Å². The fourth-order valence-corrected chi connectivity index (χ4v) is 4.90. The third kappa shape index (κ3) is 4.59. The van der Waals surface area contributed by atoms with Crippen LogP contribution < -0.4 is 10.2 Å². The molecular weight excluding hydrogens is 420 g/mol. The van der Waals surface area contributed by atoms with Crippen molar-refractivity contribution in [1.82, 2.24) is 19.5 Å². The first-order valence-corrected chi connectivity index (χ1v) is 11.6. The van der Waals surface area contributed by atoms with Crippen molar-refractivity contribution in [3.63, 3.8) is 0 Å². The molecule has 4 rings (SSSR count). The quantitative estimate of drug-likeness (QED) is 0.627. The van der Waals surface area contributed by atoms with E-state index in [0.29, 0.717) is 18.2 Å². The van der Waals surface area contributed by atoms with Crippen molar-refractivity contribution in [2.75, 3.05) is 36.4 Å². The van der Waals surface area contributed by atoms with Crippen LogP contribution in [0.2, 0.25) is 0 Å². The number of fused-ring (bicyclic) bond motifs is 1. The largest absolute Gasteiger partial charge is 0.352 e. The molecule has 1 aliphatic rings. The normalized spacial score (nSPS) is 14.5. The molecule has 10 heteroatoms. The summed E-state index contributed by atoms with van der Waals surface area (Å²) >= 11 is 2.88. The number of anilines is 2. The number of nitrogens with one attached hydrogen (secondary N) is 1. The van der Waals surface area contributed by atoms with E-state index in [2.05, 4.69) is 36.9 Å². The van der Waals surface area contributed by atoms with Gasteiger partial charge in [-0.1, -0.05) is 37.3 Å².